The number of hydrogen-bond donors (Lipinski definition) is 1. The summed E-state index contributed by atoms with van der Waals surface area (Å²) < 4.78 is 5.30. The van der Waals surface area contributed by atoms with Gasteiger partial charge in [0.25, 0.3) is 5.22 Å². The molecule has 1 heterocycles. The van der Waals surface area contributed by atoms with Gasteiger partial charge in [0.2, 0.25) is 0 Å². The fourth-order valence-electron chi connectivity index (χ4n) is 2.28. The Morgan fingerprint density at radius 2 is 2.12 bits per heavy atom. The van der Waals surface area contributed by atoms with Crippen LogP contribution in [0.1, 0.15) is 44.2 Å². The van der Waals surface area contributed by atoms with Gasteiger partial charge in [0.1, 0.15) is 6.26 Å². The zero-order chi connectivity index (χ0) is 11.9. The van der Waals surface area contributed by atoms with Crippen LogP contribution in [-0.4, -0.2) is 23.3 Å². The molecule has 0 radical (unpaired) electrons. The van der Waals surface area contributed by atoms with Gasteiger partial charge in [0, 0.05) is 18.3 Å². The van der Waals surface area contributed by atoms with E-state index in [0.29, 0.717) is 0 Å². The first kappa shape index (κ1) is 13.0. The van der Waals surface area contributed by atoms with Crippen LogP contribution in [0.25, 0.3) is 0 Å². The predicted molar refractivity (Wildman–Crippen MR) is 71.5 cm³/mol. The summed E-state index contributed by atoms with van der Waals surface area (Å²) in [6, 6.07) is 0.740. The summed E-state index contributed by atoms with van der Waals surface area (Å²) in [5.74, 6) is 1.04. The van der Waals surface area contributed by atoms with Crippen molar-refractivity contribution in [1.29, 1.82) is 0 Å². The number of aromatic nitrogens is 1. The summed E-state index contributed by atoms with van der Waals surface area (Å²) in [7, 11) is 0. The molecule has 1 aromatic heterocycles. The Kier molecular flexibility index (Phi) is 5.39. The topological polar surface area (TPSA) is 38.1 Å². The molecule has 0 amide bonds. The van der Waals surface area contributed by atoms with Gasteiger partial charge in [-0.05, 0) is 19.8 Å². The van der Waals surface area contributed by atoms with Crippen molar-refractivity contribution in [3.8, 4) is 0 Å². The average Bonchev–Trinajstić information content (AvgIpc) is 2.59. The standard InChI is InChI=1S/C13H22N2OS/c1-11-10-16-13(15-11)17-9-8-14-12-6-4-2-3-5-7-12/h10,12,14H,2-9H2,1H3. The minimum Gasteiger partial charge on any atom is -0.440 e. The van der Waals surface area contributed by atoms with Crippen molar-refractivity contribution < 1.29 is 4.42 Å². The molecule has 2 rings (SSSR count). The van der Waals surface area contributed by atoms with Crippen LogP contribution in [0.3, 0.4) is 0 Å². The summed E-state index contributed by atoms with van der Waals surface area (Å²) in [4.78, 5) is 4.28. The number of rotatable bonds is 5. The SMILES string of the molecule is Cc1coc(SCCNC2CCCCCC2)n1. The molecular weight excluding hydrogens is 232 g/mol. The van der Waals surface area contributed by atoms with Crippen molar-refractivity contribution >= 4 is 11.8 Å². The van der Waals surface area contributed by atoms with Crippen molar-refractivity contribution in [2.75, 3.05) is 12.3 Å². The van der Waals surface area contributed by atoms with E-state index in [9.17, 15) is 0 Å². The number of aryl methyl sites for hydroxylation is 1. The molecule has 1 fully saturated rings. The molecule has 0 bridgehead atoms. The molecule has 17 heavy (non-hydrogen) atoms. The summed E-state index contributed by atoms with van der Waals surface area (Å²) in [6.07, 6.45) is 10.0. The van der Waals surface area contributed by atoms with Crippen LogP contribution in [0.2, 0.25) is 0 Å². The van der Waals surface area contributed by atoms with Crippen LogP contribution in [0.15, 0.2) is 15.9 Å². The number of nitrogens with one attached hydrogen (secondary N) is 1. The molecule has 96 valence electrons. The molecule has 0 atom stereocenters. The number of oxazole rings is 1. The summed E-state index contributed by atoms with van der Waals surface area (Å²) in [5, 5.41) is 4.44. The van der Waals surface area contributed by atoms with E-state index in [2.05, 4.69) is 10.3 Å². The van der Waals surface area contributed by atoms with Crippen LogP contribution >= 0.6 is 11.8 Å². The molecule has 3 nitrogen and oxygen atoms in total. The number of nitrogens with zero attached hydrogens (tertiary/aromatic N) is 1. The molecule has 0 aromatic carbocycles. The van der Waals surface area contributed by atoms with Crippen LogP contribution in [0.4, 0.5) is 0 Å². The van der Waals surface area contributed by atoms with Crippen LogP contribution in [0.5, 0.6) is 0 Å². The second kappa shape index (κ2) is 7.07. The van der Waals surface area contributed by atoms with Gasteiger partial charge < -0.3 is 9.73 Å². The Bertz CT molecular complexity index is 319. The van der Waals surface area contributed by atoms with Gasteiger partial charge in [0.15, 0.2) is 0 Å². The van der Waals surface area contributed by atoms with E-state index in [1.165, 1.54) is 38.5 Å². The zero-order valence-corrected chi connectivity index (χ0v) is 11.4. The third-order valence-electron chi connectivity index (χ3n) is 3.21. The van der Waals surface area contributed by atoms with Gasteiger partial charge in [-0.1, -0.05) is 37.4 Å². The lowest BCUT2D eigenvalue weighted by molar-refractivity contribution is 0.452. The molecule has 0 aliphatic heterocycles. The maximum Gasteiger partial charge on any atom is 0.255 e. The second-order valence-electron chi connectivity index (χ2n) is 4.75. The molecular formula is C13H22N2OS. The first-order valence-electron chi connectivity index (χ1n) is 6.63. The lowest BCUT2D eigenvalue weighted by Crippen LogP contribution is -2.30. The van der Waals surface area contributed by atoms with E-state index in [1.54, 1.807) is 18.0 Å². The Labute approximate surface area is 108 Å². The van der Waals surface area contributed by atoms with Gasteiger partial charge in [-0.3, -0.25) is 0 Å². The van der Waals surface area contributed by atoms with Crippen molar-refractivity contribution in [3.63, 3.8) is 0 Å². The van der Waals surface area contributed by atoms with E-state index in [-0.39, 0.29) is 0 Å². The quantitative estimate of drug-likeness (QED) is 0.496. The minimum absolute atomic E-state index is 0.740. The molecule has 1 aliphatic rings. The highest BCUT2D eigenvalue weighted by Gasteiger charge is 2.11. The average molecular weight is 254 g/mol. The molecule has 0 saturated heterocycles. The monoisotopic (exact) mass is 254 g/mol. The number of thioether (sulfide) groups is 1. The first-order valence-corrected chi connectivity index (χ1v) is 7.61. The molecule has 4 heteroatoms. The van der Waals surface area contributed by atoms with Crippen molar-refractivity contribution in [1.82, 2.24) is 10.3 Å². The van der Waals surface area contributed by atoms with E-state index in [4.69, 9.17) is 4.42 Å². The normalized spacial score (nSPS) is 18.2. The van der Waals surface area contributed by atoms with E-state index in [1.807, 2.05) is 6.92 Å². The van der Waals surface area contributed by atoms with Crippen molar-refractivity contribution in [3.05, 3.63) is 12.0 Å². The molecule has 1 N–H and O–H groups in total. The maximum absolute atomic E-state index is 5.30. The first-order chi connectivity index (χ1) is 8.34. The Morgan fingerprint density at radius 3 is 2.76 bits per heavy atom. The number of hydrogen-bond acceptors (Lipinski definition) is 4. The van der Waals surface area contributed by atoms with Crippen LogP contribution in [-0.2, 0) is 0 Å². The Hall–Kier alpha value is -0.480. The largest absolute Gasteiger partial charge is 0.440 e. The molecule has 1 aromatic rings. The Balaban J connectivity index is 1.59. The van der Waals surface area contributed by atoms with Gasteiger partial charge >= 0.3 is 0 Å². The fraction of sp³-hybridized carbons (Fsp3) is 0.769. The molecule has 0 spiro atoms. The highest BCUT2D eigenvalue weighted by atomic mass is 32.2. The van der Waals surface area contributed by atoms with Gasteiger partial charge in [0.05, 0.1) is 5.69 Å². The Morgan fingerprint density at radius 1 is 1.35 bits per heavy atom. The van der Waals surface area contributed by atoms with E-state index >= 15 is 0 Å². The highest BCUT2D eigenvalue weighted by Crippen LogP contribution is 2.18. The summed E-state index contributed by atoms with van der Waals surface area (Å²) in [6.45, 7) is 3.01. The van der Waals surface area contributed by atoms with Gasteiger partial charge in [-0.25, -0.2) is 4.98 Å². The van der Waals surface area contributed by atoms with Crippen molar-refractivity contribution in [2.24, 2.45) is 0 Å². The minimum atomic E-state index is 0.740. The summed E-state index contributed by atoms with van der Waals surface area (Å²) in [5.41, 5.74) is 0.962. The maximum atomic E-state index is 5.30. The molecule has 1 saturated carbocycles. The smallest absolute Gasteiger partial charge is 0.255 e. The van der Waals surface area contributed by atoms with Gasteiger partial charge in [-0.15, -0.1) is 0 Å². The van der Waals surface area contributed by atoms with E-state index < -0.39 is 0 Å². The predicted octanol–water partition coefficient (Wildman–Crippen LogP) is 3.39. The van der Waals surface area contributed by atoms with E-state index in [0.717, 1.165) is 29.3 Å². The third-order valence-corrected chi connectivity index (χ3v) is 4.06. The lowest BCUT2D eigenvalue weighted by Gasteiger charge is -2.15. The summed E-state index contributed by atoms with van der Waals surface area (Å²) >= 11 is 1.69. The third kappa shape index (κ3) is 4.72. The molecule has 1 aliphatic carbocycles. The van der Waals surface area contributed by atoms with Crippen molar-refractivity contribution in [2.45, 2.75) is 56.7 Å². The van der Waals surface area contributed by atoms with Gasteiger partial charge in [-0.2, -0.15) is 0 Å². The molecule has 0 unspecified atom stereocenters. The lowest BCUT2D eigenvalue weighted by atomic mass is 10.1. The zero-order valence-electron chi connectivity index (χ0n) is 10.6. The second-order valence-corrected chi connectivity index (χ2v) is 5.79. The highest BCUT2D eigenvalue weighted by molar-refractivity contribution is 7.99. The fourth-order valence-corrected chi connectivity index (χ4v) is 3.00. The van der Waals surface area contributed by atoms with Crippen LogP contribution < -0.4 is 5.32 Å². The van der Waals surface area contributed by atoms with Crippen LogP contribution in [0, 0.1) is 6.92 Å².